The quantitative estimate of drug-likeness (QED) is 0.810. The molecule has 0 saturated heterocycles. The van der Waals surface area contributed by atoms with E-state index in [1.807, 2.05) is 51.1 Å². The summed E-state index contributed by atoms with van der Waals surface area (Å²) < 4.78 is 5.81. The molecule has 4 heteroatoms. The number of carbonyl (C=O) groups excluding carboxylic acids is 1. The number of nitrogens with one attached hydrogen (secondary N) is 1. The maximum atomic E-state index is 12.2. The Morgan fingerprint density at radius 3 is 2.38 bits per heavy atom. The van der Waals surface area contributed by atoms with Crippen LogP contribution in [0.4, 0.5) is 0 Å². The number of nitrogens with two attached hydrogens (primary N) is 1. The summed E-state index contributed by atoms with van der Waals surface area (Å²) in [6, 6.07) is 10.1. The Hall–Kier alpha value is -1.39. The summed E-state index contributed by atoms with van der Waals surface area (Å²) in [6.45, 7) is 6.52. The highest BCUT2D eigenvalue weighted by Crippen LogP contribution is 2.31. The zero-order valence-electron chi connectivity index (χ0n) is 13.2. The van der Waals surface area contributed by atoms with Gasteiger partial charge in [-0.1, -0.05) is 30.3 Å². The number of hydrogen-bond donors (Lipinski definition) is 2. The van der Waals surface area contributed by atoms with Gasteiger partial charge in [-0.2, -0.15) is 0 Å². The molecular formula is C17H26N2O2. The van der Waals surface area contributed by atoms with Crippen LogP contribution < -0.4 is 11.1 Å². The smallest absolute Gasteiger partial charge is 0.242 e. The molecule has 1 aliphatic rings. The molecule has 0 aromatic heterocycles. The summed E-state index contributed by atoms with van der Waals surface area (Å²) in [4.78, 5) is 12.2. The minimum Gasteiger partial charge on any atom is -0.376 e. The van der Waals surface area contributed by atoms with Crippen LogP contribution in [0.1, 0.15) is 45.6 Å². The van der Waals surface area contributed by atoms with Crippen LogP contribution in [0, 0.1) is 0 Å². The first kappa shape index (κ1) is 16.0. The summed E-state index contributed by atoms with van der Waals surface area (Å²) >= 11 is 0. The average molecular weight is 290 g/mol. The van der Waals surface area contributed by atoms with Crippen LogP contribution in [0.15, 0.2) is 30.3 Å². The predicted molar refractivity (Wildman–Crippen MR) is 83.8 cm³/mol. The highest BCUT2D eigenvalue weighted by Gasteiger charge is 2.42. The van der Waals surface area contributed by atoms with Crippen molar-refractivity contribution < 1.29 is 9.53 Å². The molecule has 1 aliphatic carbocycles. The maximum Gasteiger partial charge on any atom is 0.242 e. The van der Waals surface area contributed by atoms with Gasteiger partial charge in [-0.15, -0.1) is 0 Å². The minimum absolute atomic E-state index is 0.223. The van der Waals surface area contributed by atoms with E-state index in [9.17, 15) is 4.79 Å². The summed E-state index contributed by atoms with van der Waals surface area (Å²) in [7, 11) is 0. The fraction of sp³-hybridized carbons (Fsp3) is 0.588. The third-order valence-electron chi connectivity index (χ3n) is 3.73. The van der Waals surface area contributed by atoms with E-state index in [-0.39, 0.29) is 11.5 Å². The lowest BCUT2D eigenvalue weighted by molar-refractivity contribution is -0.126. The Morgan fingerprint density at radius 2 is 1.90 bits per heavy atom. The van der Waals surface area contributed by atoms with E-state index >= 15 is 0 Å². The largest absolute Gasteiger partial charge is 0.376 e. The van der Waals surface area contributed by atoms with E-state index in [0.717, 1.165) is 18.4 Å². The molecule has 1 unspecified atom stereocenters. The maximum absolute atomic E-state index is 12.2. The Balaban J connectivity index is 2.21. The van der Waals surface area contributed by atoms with Gasteiger partial charge >= 0.3 is 0 Å². The highest BCUT2D eigenvalue weighted by molar-refractivity contribution is 5.86. The Morgan fingerprint density at radius 1 is 1.29 bits per heavy atom. The predicted octanol–water partition coefficient (Wildman–Crippen LogP) is 2.32. The Labute approximate surface area is 127 Å². The van der Waals surface area contributed by atoms with Gasteiger partial charge < -0.3 is 10.5 Å². The topological polar surface area (TPSA) is 64.3 Å². The molecule has 4 nitrogen and oxygen atoms in total. The van der Waals surface area contributed by atoms with Crippen molar-refractivity contribution in [3.05, 3.63) is 35.9 Å². The second-order valence-electron chi connectivity index (χ2n) is 6.77. The van der Waals surface area contributed by atoms with Crippen LogP contribution in [-0.2, 0) is 15.1 Å². The lowest BCUT2D eigenvalue weighted by atomic mass is 9.85. The molecule has 2 rings (SSSR count). The van der Waals surface area contributed by atoms with Crippen molar-refractivity contribution in [1.82, 2.24) is 5.32 Å². The van der Waals surface area contributed by atoms with E-state index in [1.54, 1.807) is 0 Å². The minimum atomic E-state index is -0.840. The summed E-state index contributed by atoms with van der Waals surface area (Å²) in [5.41, 5.74) is 5.63. The molecule has 0 spiro atoms. The third kappa shape index (κ3) is 4.29. The van der Waals surface area contributed by atoms with E-state index in [0.29, 0.717) is 19.1 Å². The SMILES string of the molecule is CC(C)(C)OCCC(NC1CC1)(C(N)=O)c1ccccc1. The van der Waals surface area contributed by atoms with Crippen molar-refractivity contribution in [2.75, 3.05) is 6.61 Å². The molecule has 116 valence electrons. The van der Waals surface area contributed by atoms with Crippen LogP contribution in [0.25, 0.3) is 0 Å². The molecule has 1 aromatic carbocycles. The van der Waals surface area contributed by atoms with Crippen LogP contribution >= 0.6 is 0 Å². The van der Waals surface area contributed by atoms with Crippen LogP contribution in [0.3, 0.4) is 0 Å². The van der Waals surface area contributed by atoms with Crippen LogP contribution in [-0.4, -0.2) is 24.2 Å². The van der Waals surface area contributed by atoms with Crippen molar-refractivity contribution in [1.29, 1.82) is 0 Å². The third-order valence-corrected chi connectivity index (χ3v) is 3.73. The number of primary amides is 1. The number of benzene rings is 1. The number of amides is 1. The molecule has 1 amide bonds. The molecule has 0 bridgehead atoms. The molecule has 0 heterocycles. The van der Waals surface area contributed by atoms with E-state index in [2.05, 4.69) is 5.32 Å². The van der Waals surface area contributed by atoms with Gasteiger partial charge in [-0.05, 0) is 39.2 Å². The fourth-order valence-electron chi connectivity index (χ4n) is 2.45. The van der Waals surface area contributed by atoms with Crippen molar-refractivity contribution in [3.8, 4) is 0 Å². The van der Waals surface area contributed by atoms with E-state index in [1.165, 1.54) is 0 Å². The monoisotopic (exact) mass is 290 g/mol. The van der Waals surface area contributed by atoms with Crippen molar-refractivity contribution in [2.45, 2.75) is 57.2 Å². The highest BCUT2D eigenvalue weighted by atomic mass is 16.5. The summed E-state index contributed by atoms with van der Waals surface area (Å²) in [5.74, 6) is -0.335. The van der Waals surface area contributed by atoms with Gasteiger partial charge in [0.1, 0.15) is 5.54 Å². The van der Waals surface area contributed by atoms with Gasteiger partial charge in [-0.25, -0.2) is 0 Å². The molecule has 0 radical (unpaired) electrons. The van der Waals surface area contributed by atoms with Gasteiger partial charge in [-0.3, -0.25) is 10.1 Å². The summed E-state index contributed by atoms with van der Waals surface area (Å²) in [6.07, 6.45) is 2.74. The van der Waals surface area contributed by atoms with Crippen molar-refractivity contribution in [2.24, 2.45) is 5.73 Å². The molecule has 1 atom stereocenters. The zero-order valence-corrected chi connectivity index (χ0v) is 13.2. The fourth-order valence-corrected chi connectivity index (χ4v) is 2.45. The molecular weight excluding hydrogens is 264 g/mol. The first-order chi connectivity index (χ1) is 9.83. The van der Waals surface area contributed by atoms with Crippen molar-refractivity contribution in [3.63, 3.8) is 0 Å². The average Bonchev–Trinajstić information content (AvgIpc) is 3.20. The van der Waals surface area contributed by atoms with Gasteiger partial charge in [0.15, 0.2) is 0 Å². The molecule has 21 heavy (non-hydrogen) atoms. The lowest BCUT2D eigenvalue weighted by Crippen LogP contribution is -2.54. The van der Waals surface area contributed by atoms with Gasteiger partial charge in [0.05, 0.1) is 5.60 Å². The second kappa shape index (κ2) is 6.16. The first-order valence-corrected chi connectivity index (χ1v) is 7.61. The summed E-state index contributed by atoms with van der Waals surface area (Å²) in [5, 5.41) is 3.45. The molecule has 0 aliphatic heterocycles. The molecule has 1 saturated carbocycles. The molecule has 3 N–H and O–H groups in total. The molecule has 1 fully saturated rings. The lowest BCUT2D eigenvalue weighted by Gasteiger charge is -2.33. The first-order valence-electron chi connectivity index (χ1n) is 7.61. The van der Waals surface area contributed by atoms with Gasteiger partial charge in [0.25, 0.3) is 0 Å². The second-order valence-corrected chi connectivity index (χ2v) is 6.77. The normalized spacial score (nSPS) is 18.2. The zero-order chi connectivity index (χ0) is 15.5. The van der Waals surface area contributed by atoms with Gasteiger partial charge in [0, 0.05) is 19.1 Å². The Kier molecular flexibility index (Phi) is 4.69. The van der Waals surface area contributed by atoms with E-state index < -0.39 is 5.54 Å². The number of rotatable bonds is 7. The number of ether oxygens (including phenoxy) is 1. The number of carbonyl (C=O) groups is 1. The van der Waals surface area contributed by atoms with Crippen LogP contribution in [0.5, 0.6) is 0 Å². The van der Waals surface area contributed by atoms with E-state index in [4.69, 9.17) is 10.5 Å². The van der Waals surface area contributed by atoms with Gasteiger partial charge in [0.2, 0.25) is 5.91 Å². The standard InChI is InChI=1S/C17H26N2O2/c1-16(2,3)21-12-11-17(15(18)20,19-14-9-10-14)13-7-5-4-6-8-13/h4-8,14,19H,9-12H2,1-3H3,(H2,18,20). The number of hydrogen-bond acceptors (Lipinski definition) is 3. The molecule has 1 aromatic rings. The van der Waals surface area contributed by atoms with Crippen LogP contribution in [0.2, 0.25) is 0 Å². The Bertz CT molecular complexity index is 477. The van der Waals surface area contributed by atoms with Crippen molar-refractivity contribution >= 4 is 5.91 Å².